The van der Waals surface area contributed by atoms with Gasteiger partial charge in [0.25, 0.3) is 0 Å². The lowest BCUT2D eigenvalue weighted by Crippen LogP contribution is -2.53. The summed E-state index contributed by atoms with van der Waals surface area (Å²) in [7, 11) is 0. The largest absolute Gasteiger partial charge is 0.450 e. The normalized spacial score (nSPS) is 26.9. The fraction of sp³-hybridized carbons (Fsp3) is 0.875. The van der Waals surface area contributed by atoms with E-state index in [0.29, 0.717) is 13.0 Å². The zero-order valence-corrected chi connectivity index (χ0v) is 12.5. The van der Waals surface area contributed by atoms with Gasteiger partial charge in [-0.15, -0.1) is 0 Å². The van der Waals surface area contributed by atoms with Gasteiger partial charge < -0.3 is 10.1 Å². The Labute approximate surface area is 121 Å². The summed E-state index contributed by atoms with van der Waals surface area (Å²) in [6.07, 6.45) is 10.4. The lowest BCUT2D eigenvalue weighted by atomic mass is 9.80. The molecule has 0 aliphatic heterocycles. The van der Waals surface area contributed by atoms with Crippen LogP contribution in [0.15, 0.2) is 0 Å². The van der Waals surface area contributed by atoms with Crippen LogP contribution in [0.25, 0.3) is 0 Å². The number of hydrogen-bond donors (Lipinski definition) is 1. The molecule has 0 unspecified atom stereocenters. The number of carbonyl (C=O) groups is 2. The molecule has 1 amide bonds. The maximum atomic E-state index is 11.5. The molecule has 2 rings (SSSR count). The van der Waals surface area contributed by atoms with Crippen molar-refractivity contribution >= 4 is 11.9 Å². The number of Topliss-reactive ketones (excluding diaryl/α,β-unsaturated/α-hetero) is 1. The van der Waals surface area contributed by atoms with E-state index in [9.17, 15) is 9.59 Å². The van der Waals surface area contributed by atoms with Gasteiger partial charge >= 0.3 is 6.09 Å². The summed E-state index contributed by atoms with van der Waals surface area (Å²) in [5.74, 6) is 1.26. The smallest absolute Gasteiger partial charge is 0.407 e. The number of nitrogens with one attached hydrogen (secondary N) is 1. The maximum absolute atomic E-state index is 11.5. The van der Waals surface area contributed by atoms with Crippen molar-refractivity contribution in [3.63, 3.8) is 0 Å². The first-order valence-corrected chi connectivity index (χ1v) is 8.13. The van der Waals surface area contributed by atoms with E-state index in [1.807, 2.05) is 6.92 Å². The predicted molar refractivity (Wildman–Crippen MR) is 77.5 cm³/mol. The maximum Gasteiger partial charge on any atom is 0.407 e. The van der Waals surface area contributed by atoms with Crippen molar-refractivity contribution in [2.75, 3.05) is 6.61 Å². The molecule has 0 bridgehead atoms. The molecule has 2 aliphatic rings. The van der Waals surface area contributed by atoms with Gasteiger partial charge in [0.2, 0.25) is 0 Å². The summed E-state index contributed by atoms with van der Waals surface area (Å²) < 4.78 is 5.13. The van der Waals surface area contributed by atoms with Crippen molar-refractivity contribution in [1.82, 2.24) is 5.32 Å². The second-order valence-corrected chi connectivity index (χ2v) is 6.41. The van der Waals surface area contributed by atoms with Gasteiger partial charge in [-0.1, -0.05) is 45.4 Å². The van der Waals surface area contributed by atoms with E-state index in [0.717, 1.165) is 18.8 Å². The van der Waals surface area contributed by atoms with E-state index in [1.165, 1.54) is 38.5 Å². The summed E-state index contributed by atoms with van der Waals surface area (Å²) in [4.78, 5) is 22.8. The number of unbranched alkanes of at least 4 members (excludes halogenated alkanes) is 1. The quantitative estimate of drug-likeness (QED) is 0.759. The van der Waals surface area contributed by atoms with Gasteiger partial charge in [-0.05, 0) is 24.7 Å². The Morgan fingerprint density at radius 3 is 2.65 bits per heavy atom. The molecule has 2 aliphatic carbocycles. The minimum Gasteiger partial charge on any atom is -0.450 e. The Morgan fingerprint density at radius 2 is 2.00 bits per heavy atom. The van der Waals surface area contributed by atoms with Crippen molar-refractivity contribution in [1.29, 1.82) is 0 Å². The molecular weight excluding hydrogens is 254 g/mol. The molecule has 0 aromatic carbocycles. The SMILES string of the molecule is C[C@H]1CC(=O)[C@@H]1NC(=O)OCCCCC1CCCCC1. The second kappa shape index (κ2) is 7.65. The van der Waals surface area contributed by atoms with Gasteiger partial charge in [0.1, 0.15) is 0 Å². The molecule has 1 N–H and O–H groups in total. The minimum atomic E-state index is -0.437. The highest BCUT2D eigenvalue weighted by Gasteiger charge is 2.37. The van der Waals surface area contributed by atoms with E-state index in [2.05, 4.69) is 5.32 Å². The molecule has 2 atom stereocenters. The fourth-order valence-corrected chi connectivity index (χ4v) is 3.29. The Morgan fingerprint density at radius 1 is 1.25 bits per heavy atom. The zero-order chi connectivity index (χ0) is 14.4. The van der Waals surface area contributed by atoms with Crippen LogP contribution in [-0.2, 0) is 9.53 Å². The molecule has 0 aromatic rings. The molecule has 4 heteroatoms. The average molecular weight is 281 g/mol. The number of ketones is 1. The van der Waals surface area contributed by atoms with Gasteiger partial charge in [-0.25, -0.2) is 4.79 Å². The number of alkyl carbamates (subject to hydrolysis) is 1. The molecule has 0 radical (unpaired) electrons. The van der Waals surface area contributed by atoms with Crippen molar-refractivity contribution in [3.8, 4) is 0 Å². The van der Waals surface area contributed by atoms with Crippen molar-refractivity contribution in [3.05, 3.63) is 0 Å². The number of carbonyl (C=O) groups excluding carboxylic acids is 2. The standard InChI is InChI=1S/C16H27NO3/c1-12-11-14(18)15(12)17-16(19)20-10-6-5-9-13-7-3-2-4-8-13/h12-13,15H,2-11H2,1H3,(H,17,19)/t12-,15+/m0/s1. The second-order valence-electron chi connectivity index (χ2n) is 6.41. The van der Waals surface area contributed by atoms with E-state index < -0.39 is 6.09 Å². The van der Waals surface area contributed by atoms with Crippen LogP contribution in [0.4, 0.5) is 4.79 Å². The first-order valence-electron chi connectivity index (χ1n) is 8.13. The highest BCUT2D eigenvalue weighted by Crippen LogP contribution is 2.27. The van der Waals surface area contributed by atoms with Crippen molar-refractivity contribution in [2.24, 2.45) is 11.8 Å². The van der Waals surface area contributed by atoms with Gasteiger partial charge in [0, 0.05) is 6.42 Å². The summed E-state index contributed by atoms with van der Waals surface area (Å²) in [5, 5.41) is 2.65. The molecular formula is C16H27NO3. The summed E-state index contributed by atoms with van der Waals surface area (Å²) in [5.41, 5.74) is 0. The summed E-state index contributed by atoms with van der Waals surface area (Å²) in [6, 6.07) is -0.315. The first-order chi connectivity index (χ1) is 9.66. The Balaban J connectivity index is 1.48. The molecule has 114 valence electrons. The molecule has 0 spiro atoms. The third kappa shape index (κ3) is 4.50. The Kier molecular flexibility index (Phi) is 5.86. The molecule has 0 heterocycles. The predicted octanol–water partition coefficient (Wildman–Crippen LogP) is 3.44. The van der Waals surface area contributed by atoms with Crippen LogP contribution in [0, 0.1) is 11.8 Å². The Hall–Kier alpha value is -1.06. The van der Waals surface area contributed by atoms with Gasteiger partial charge in [0.15, 0.2) is 5.78 Å². The topological polar surface area (TPSA) is 55.4 Å². The van der Waals surface area contributed by atoms with Crippen LogP contribution >= 0.6 is 0 Å². The lowest BCUT2D eigenvalue weighted by molar-refractivity contribution is -0.129. The molecule has 2 saturated carbocycles. The van der Waals surface area contributed by atoms with E-state index in [4.69, 9.17) is 4.74 Å². The number of amides is 1. The molecule has 20 heavy (non-hydrogen) atoms. The van der Waals surface area contributed by atoms with Crippen LogP contribution < -0.4 is 5.32 Å². The van der Waals surface area contributed by atoms with E-state index in [1.54, 1.807) is 0 Å². The van der Waals surface area contributed by atoms with Gasteiger partial charge in [-0.2, -0.15) is 0 Å². The number of hydrogen-bond acceptors (Lipinski definition) is 3. The van der Waals surface area contributed by atoms with Crippen LogP contribution in [-0.4, -0.2) is 24.5 Å². The molecule has 4 nitrogen and oxygen atoms in total. The van der Waals surface area contributed by atoms with Crippen molar-refractivity contribution < 1.29 is 14.3 Å². The summed E-state index contributed by atoms with van der Waals surface area (Å²) >= 11 is 0. The van der Waals surface area contributed by atoms with Crippen LogP contribution in [0.3, 0.4) is 0 Å². The van der Waals surface area contributed by atoms with Crippen molar-refractivity contribution in [2.45, 2.75) is 70.8 Å². The van der Waals surface area contributed by atoms with Crippen LogP contribution in [0.5, 0.6) is 0 Å². The third-order valence-electron chi connectivity index (χ3n) is 4.68. The highest BCUT2D eigenvalue weighted by molar-refractivity contribution is 5.93. The number of ether oxygens (including phenoxy) is 1. The highest BCUT2D eigenvalue weighted by atomic mass is 16.5. The molecule has 0 aromatic heterocycles. The molecule has 2 fully saturated rings. The van der Waals surface area contributed by atoms with Crippen LogP contribution in [0.2, 0.25) is 0 Å². The average Bonchev–Trinajstić information content (AvgIpc) is 2.46. The van der Waals surface area contributed by atoms with E-state index in [-0.39, 0.29) is 17.7 Å². The van der Waals surface area contributed by atoms with Gasteiger partial charge in [0.05, 0.1) is 12.6 Å². The lowest BCUT2D eigenvalue weighted by Gasteiger charge is -2.32. The summed E-state index contributed by atoms with van der Waals surface area (Å²) in [6.45, 7) is 2.43. The zero-order valence-electron chi connectivity index (χ0n) is 12.5. The monoisotopic (exact) mass is 281 g/mol. The van der Waals surface area contributed by atoms with Gasteiger partial charge in [-0.3, -0.25) is 4.79 Å². The van der Waals surface area contributed by atoms with Crippen LogP contribution in [0.1, 0.15) is 64.7 Å². The van der Waals surface area contributed by atoms with E-state index >= 15 is 0 Å². The number of rotatable bonds is 6. The fourth-order valence-electron chi connectivity index (χ4n) is 3.29. The third-order valence-corrected chi connectivity index (χ3v) is 4.68. The molecule has 0 saturated heterocycles. The minimum absolute atomic E-state index is 0.117. The first kappa shape index (κ1) is 15.3. The Bertz CT molecular complexity index is 337.